The Morgan fingerprint density at radius 3 is 2.70 bits per heavy atom. The van der Waals surface area contributed by atoms with Gasteiger partial charge in [0.2, 0.25) is 0 Å². The highest BCUT2D eigenvalue weighted by atomic mass is 16.5. The quantitative estimate of drug-likeness (QED) is 0.608. The third kappa shape index (κ3) is 2.90. The van der Waals surface area contributed by atoms with Crippen molar-refractivity contribution in [2.75, 3.05) is 18.1 Å². The lowest BCUT2D eigenvalue weighted by Gasteiger charge is -2.39. The molecule has 30 heavy (non-hydrogen) atoms. The molecule has 2 unspecified atom stereocenters. The van der Waals surface area contributed by atoms with Gasteiger partial charge in [-0.15, -0.1) is 0 Å². The van der Waals surface area contributed by atoms with Crippen molar-refractivity contribution in [2.45, 2.75) is 37.5 Å². The van der Waals surface area contributed by atoms with Gasteiger partial charge in [-0.05, 0) is 61.1 Å². The monoisotopic (exact) mass is 402 g/mol. The Balaban J connectivity index is 1.39. The molecule has 0 bridgehead atoms. The molecule has 1 saturated carbocycles. The number of fused-ring (bicyclic) bond motifs is 1. The fourth-order valence-electron chi connectivity index (χ4n) is 4.92. The summed E-state index contributed by atoms with van der Waals surface area (Å²) in [6, 6.07) is 14.9. The van der Waals surface area contributed by atoms with Gasteiger partial charge in [-0.3, -0.25) is 10.4 Å². The molecular formula is C24H26N4O2. The predicted molar refractivity (Wildman–Crippen MR) is 116 cm³/mol. The van der Waals surface area contributed by atoms with Gasteiger partial charge in [0.15, 0.2) is 0 Å². The second-order valence-electron chi connectivity index (χ2n) is 8.80. The fourth-order valence-corrected chi connectivity index (χ4v) is 4.92. The van der Waals surface area contributed by atoms with Crippen molar-refractivity contribution in [3.05, 3.63) is 60.4 Å². The minimum absolute atomic E-state index is 0.366. The zero-order chi connectivity index (χ0) is 20.1. The van der Waals surface area contributed by atoms with E-state index in [4.69, 9.17) is 4.74 Å². The van der Waals surface area contributed by atoms with Crippen LogP contribution in [-0.2, 0) is 6.42 Å². The molecule has 1 saturated heterocycles. The maximum absolute atomic E-state index is 10.9. The Hall–Kier alpha value is -2.83. The molecule has 1 aliphatic carbocycles. The van der Waals surface area contributed by atoms with Crippen LogP contribution in [0.25, 0.3) is 11.1 Å². The molecular weight excluding hydrogens is 376 g/mol. The summed E-state index contributed by atoms with van der Waals surface area (Å²) in [5, 5.41) is 21.1. The predicted octanol–water partition coefficient (Wildman–Crippen LogP) is 3.61. The van der Waals surface area contributed by atoms with E-state index in [9.17, 15) is 5.11 Å². The van der Waals surface area contributed by atoms with Crippen LogP contribution < -0.4 is 15.0 Å². The minimum Gasteiger partial charge on any atom is -0.493 e. The second kappa shape index (κ2) is 6.86. The van der Waals surface area contributed by atoms with Gasteiger partial charge in [0, 0.05) is 35.6 Å². The second-order valence-corrected chi connectivity index (χ2v) is 8.80. The van der Waals surface area contributed by atoms with Crippen molar-refractivity contribution >= 4 is 11.4 Å². The van der Waals surface area contributed by atoms with Gasteiger partial charge in [-0.25, -0.2) is 0 Å². The van der Waals surface area contributed by atoms with Crippen LogP contribution in [0.2, 0.25) is 0 Å². The average Bonchev–Trinajstić information content (AvgIpc) is 3.16. The highest BCUT2D eigenvalue weighted by Gasteiger charge is 2.52. The van der Waals surface area contributed by atoms with Crippen molar-refractivity contribution in [3.63, 3.8) is 0 Å². The van der Waals surface area contributed by atoms with E-state index in [2.05, 4.69) is 62.9 Å². The van der Waals surface area contributed by atoms with Crippen LogP contribution in [0.3, 0.4) is 0 Å². The first-order chi connectivity index (χ1) is 14.7. The van der Waals surface area contributed by atoms with E-state index < -0.39 is 6.23 Å². The number of nitrogens with zero attached hydrogens (tertiary/aromatic N) is 2. The van der Waals surface area contributed by atoms with Gasteiger partial charge in [-0.2, -0.15) is 5.10 Å². The first-order valence-electron chi connectivity index (χ1n) is 10.8. The normalized spacial score (nSPS) is 25.1. The number of rotatable bonds is 5. The van der Waals surface area contributed by atoms with E-state index in [1.807, 2.05) is 12.4 Å². The first kappa shape index (κ1) is 18.0. The molecule has 0 amide bonds. The first-order valence-corrected chi connectivity index (χ1v) is 10.8. The molecule has 2 aromatic carbocycles. The zero-order valence-electron chi connectivity index (χ0n) is 16.8. The molecule has 3 heterocycles. The SMILES string of the molecule is OC1NCCC12Cc1ccc(OCC3CC3)cc1N2c1ccc(-c2cn[nH]c2)cc1. The Morgan fingerprint density at radius 1 is 1.13 bits per heavy atom. The molecule has 2 fully saturated rings. The lowest BCUT2D eigenvalue weighted by Crippen LogP contribution is -2.53. The summed E-state index contributed by atoms with van der Waals surface area (Å²) < 4.78 is 6.07. The van der Waals surface area contributed by atoms with E-state index in [-0.39, 0.29) is 5.54 Å². The summed E-state index contributed by atoms with van der Waals surface area (Å²) in [5.41, 5.74) is 5.30. The van der Waals surface area contributed by atoms with Gasteiger partial charge in [0.25, 0.3) is 0 Å². The molecule has 3 aromatic rings. The third-order valence-corrected chi connectivity index (χ3v) is 6.78. The fraction of sp³-hybridized carbons (Fsp3) is 0.375. The van der Waals surface area contributed by atoms with Gasteiger partial charge in [0.1, 0.15) is 12.0 Å². The van der Waals surface area contributed by atoms with E-state index >= 15 is 0 Å². The van der Waals surface area contributed by atoms with E-state index in [0.717, 1.165) is 60.2 Å². The van der Waals surface area contributed by atoms with Crippen molar-refractivity contribution in [3.8, 4) is 16.9 Å². The number of ether oxygens (including phenoxy) is 1. The summed E-state index contributed by atoms with van der Waals surface area (Å²) in [6.07, 6.45) is 7.43. The van der Waals surface area contributed by atoms with Gasteiger partial charge < -0.3 is 14.7 Å². The molecule has 154 valence electrons. The molecule has 1 spiro atoms. The Bertz CT molecular complexity index is 1050. The molecule has 2 atom stereocenters. The summed E-state index contributed by atoms with van der Waals surface area (Å²) in [5.74, 6) is 1.63. The maximum atomic E-state index is 10.9. The van der Waals surface area contributed by atoms with E-state index in [0.29, 0.717) is 0 Å². The smallest absolute Gasteiger partial charge is 0.129 e. The highest BCUT2D eigenvalue weighted by Crippen LogP contribution is 2.50. The number of nitrogens with one attached hydrogen (secondary N) is 2. The lowest BCUT2D eigenvalue weighted by molar-refractivity contribution is 0.0957. The number of anilines is 2. The maximum Gasteiger partial charge on any atom is 0.129 e. The number of aliphatic hydroxyl groups excluding tert-OH is 1. The van der Waals surface area contributed by atoms with Crippen LogP contribution in [0.1, 0.15) is 24.8 Å². The molecule has 6 nitrogen and oxygen atoms in total. The molecule has 0 radical (unpaired) electrons. The van der Waals surface area contributed by atoms with E-state index in [1.54, 1.807) is 0 Å². The van der Waals surface area contributed by atoms with Crippen molar-refractivity contribution in [1.29, 1.82) is 0 Å². The molecule has 3 aliphatic rings. The number of aromatic nitrogens is 2. The number of H-pyrrole nitrogens is 1. The van der Waals surface area contributed by atoms with Crippen molar-refractivity contribution in [1.82, 2.24) is 15.5 Å². The molecule has 6 heteroatoms. The Kier molecular flexibility index (Phi) is 4.11. The molecule has 6 rings (SSSR count). The Morgan fingerprint density at radius 2 is 2.00 bits per heavy atom. The van der Waals surface area contributed by atoms with Gasteiger partial charge in [-0.1, -0.05) is 18.2 Å². The summed E-state index contributed by atoms with van der Waals surface area (Å²) in [4.78, 5) is 2.33. The van der Waals surface area contributed by atoms with Crippen LogP contribution in [-0.4, -0.2) is 40.2 Å². The van der Waals surface area contributed by atoms with Gasteiger partial charge in [0.05, 0.1) is 18.3 Å². The summed E-state index contributed by atoms with van der Waals surface area (Å²) in [7, 11) is 0. The van der Waals surface area contributed by atoms with Crippen LogP contribution in [0.5, 0.6) is 5.75 Å². The molecule has 3 N–H and O–H groups in total. The van der Waals surface area contributed by atoms with Crippen molar-refractivity contribution < 1.29 is 9.84 Å². The van der Waals surface area contributed by atoms with Crippen LogP contribution in [0.4, 0.5) is 11.4 Å². The number of aromatic amines is 1. The van der Waals surface area contributed by atoms with Crippen LogP contribution in [0, 0.1) is 5.92 Å². The number of hydrogen-bond acceptors (Lipinski definition) is 5. The largest absolute Gasteiger partial charge is 0.493 e. The van der Waals surface area contributed by atoms with Crippen LogP contribution in [0.15, 0.2) is 54.9 Å². The average molecular weight is 402 g/mol. The number of hydrogen-bond donors (Lipinski definition) is 3. The molecule has 1 aromatic heterocycles. The lowest BCUT2D eigenvalue weighted by atomic mass is 9.91. The third-order valence-electron chi connectivity index (χ3n) is 6.78. The Labute approximate surface area is 175 Å². The van der Waals surface area contributed by atoms with E-state index in [1.165, 1.54) is 18.4 Å². The topological polar surface area (TPSA) is 73.4 Å². The van der Waals surface area contributed by atoms with Gasteiger partial charge >= 0.3 is 0 Å². The van der Waals surface area contributed by atoms with Crippen LogP contribution >= 0.6 is 0 Å². The highest BCUT2D eigenvalue weighted by molar-refractivity contribution is 5.76. The minimum atomic E-state index is -0.575. The molecule has 2 aliphatic heterocycles. The standard InChI is InChI=1S/C24H26N4O2/c29-23-24(9-10-25-23)12-18-5-8-21(30-15-16-1-2-16)11-22(18)28(24)20-6-3-17(4-7-20)19-13-26-27-14-19/h3-8,11,13-14,16,23,25,29H,1-2,9-10,12,15H2,(H,26,27). The van der Waals surface area contributed by atoms with Crippen molar-refractivity contribution in [2.24, 2.45) is 5.92 Å². The number of benzene rings is 2. The zero-order valence-corrected chi connectivity index (χ0v) is 16.8. The summed E-state index contributed by atoms with van der Waals surface area (Å²) >= 11 is 0. The number of aliphatic hydroxyl groups is 1. The summed E-state index contributed by atoms with van der Waals surface area (Å²) in [6.45, 7) is 1.61.